The Morgan fingerprint density at radius 3 is 2.58 bits per heavy atom. The predicted molar refractivity (Wildman–Crippen MR) is 103 cm³/mol. The van der Waals surface area contributed by atoms with Gasteiger partial charge < -0.3 is 14.7 Å². The highest BCUT2D eigenvalue weighted by Crippen LogP contribution is 2.24. The molecule has 0 bridgehead atoms. The molecule has 1 amide bonds. The Morgan fingerprint density at radius 2 is 1.88 bits per heavy atom. The summed E-state index contributed by atoms with van der Waals surface area (Å²) in [6, 6.07) is 8.19. The van der Waals surface area contributed by atoms with Crippen LogP contribution in [0.4, 0.5) is 0 Å². The number of hydrogen-bond donors (Lipinski definition) is 1. The SMILES string of the molecule is COc1ccc(/C=C/CN2CC(=O)N(C3CCCCC3)C[C@@H](O)C2)cc1. The maximum Gasteiger partial charge on any atom is 0.237 e. The number of methoxy groups -OCH3 is 1. The van der Waals surface area contributed by atoms with Crippen LogP contribution < -0.4 is 4.74 Å². The highest BCUT2D eigenvalue weighted by Gasteiger charge is 2.31. The molecule has 1 aromatic carbocycles. The number of β-amino-alcohol motifs (C(OH)–C–C–N with tert-alkyl or cyclic N) is 1. The van der Waals surface area contributed by atoms with Crippen molar-refractivity contribution in [2.45, 2.75) is 44.2 Å². The first kappa shape index (κ1) is 18.9. The molecule has 142 valence electrons. The number of nitrogens with zero attached hydrogens (tertiary/aromatic N) is 2. The van der Waals surface area contributed by atoms with E-state index in [1.807, 2.05) is 40.1 Å². The van der Waals surface area contributed by atoms with Crippen LogP contribution in [0.5, 0.6) is 5.75 Å². The van der Waals surface area contributed by atoms with Crippen molar-refractivity contribution in [2.24, 2.45) is 0 Å². The van der Waals surface area contributed by atoms with Gasteiger partial charge in [0.05, 0.1) is 19.8 Å². The van der Waals surface area contributed by atoms with Gasteiger partial charge in [0.25, 0.3) is 0 Å². The average Bonchev–Trinajstić information content (AvgIpc) is 2.81. The average molecular weight is 358 g/mol. The molecule has 0 spiro atoms. The smallest absolute Gasteiger partial charge is 0.237 e. The van der Waals surface area contributed by atoms with Crippen molar-refractivity contribution in [1.29, 1.82) is 0 Å². The monoisotopic (exact) mass is 358 g/mol. The highest BCUT2D eigenvalue weighted by atomic mass is 16.5. The van der Waals surface area contributed by atoms with Crippen molar-refractivity contribution in [3.8, 4) is 5.75 Å². The Bertz CT molecular complexity index is 608. The molecule has 1 atom stereocenters. The van der Waals surface area contributed by atoms with Gasteiger partial charge in [0.2, 0.25) is 5.91 Å². The first-order chi connectivity index (χ1) is 12.7. The zero-order valence-electron chi connectivity index (χ0n) is 15.6. The van der Waals surface area contributed by atoms with Crippen LogP contribution in [0.1, 0.15) is 37.7 Å². The van der Waals surface area contributed by atoms with Gasteiger partial charge in [-0.15, -0.1) is 0 Å². The van der Waals surface area contributed by atoms with E-state index in [9.17, 15) is 9.90 Å². The Hall–Kier alpha value is -1.85. The number of hydrogen-bond acceptors (Lipinski definition) is 4. The Morgan fingerprint density at radius 1 is 1.15 bits per heavy atom. The first-order valence-corrected chi connectivity index (χ1v) is 9.66. The molecule has 1 saturated carbocycles. The molecule has 0 aromatic heterocycles. The number of ether oxygens (including phenoxy) is 1. The minimum Gasteiger partial charge on any atom is -0.497 e. The van der Waals surface area contributed by atoms with Crippen molar-refractivity contribution in [2.75, 3.05) is 33.3 Å². The zero-order valence-corrected chi connectivity index (χ0v) is 15.6. The molecule has 1 aromatic rings. The summed E-state index contributed by atoms with van der Waals surface area (Å²) in [5, 5.41) is 10.4. The van der Waals surface area contributed by atoms with E-state index in [4.69, 9.17) is 4.74 Å². The standard InChI is InChI=1S/C21H30N2O3/c1-26-20-11-9-17(10-12-20)6-5-13-22-14-19(24)15-23(21(25)16-22)18-7-3-2-4-8-18/h5-6,9-12,18-19,24H,2-4,7-8,13-16H2,1H3/b6-5+/t19-/m0/s1. The van der Waals surface area contributed by atoms with Crippen molar-refractivity contribution in [1.82, 2.24) is 9.80 Å². The molecule has 2 aliphatic rings. The van der Waals surface area contributed by atoms with E-state index < -0.39 is 6.10 Å². The summed E-state index contributed by atoms with van der Waals surface area (Å²) in [6.45, 7) is 2.07. The van der Waals surface area contributed by atoms with Crippen molar-refractivity contribution in [3.63, 3.8) is 0 Å². The first-order valence-electron chi connectivity index (χ1n) is 9.66. The van der Waals surface area contributed by atoms with E-state index in [1.165, 1.54) is 19.3 Å². The molecule has 5 heteroatoms. The van der Waals surface area contributed by atoms with Crippen LogP contribution in [0.25, 0.3) is 6.08 Å². The van der Waals surface area contributed by atoms with E-state index in [2.05, 4.69) is 6.08 Å². The third-order valence-electron chi connectivity index (χ3n) is 5.36. The van der Waals surface area contributed by atoms with E-state index in [0.29, 0.717) is 32.2 Å². The summed E-state index contributed by atoms with van der Waals surface area (Å²) in [7, 11) is 1.66. The number of benzene rings is 1. The number of aliphatic hydroxyl groups excluding tert-OH is 1. The van der Waals surface area contributed by atoms with Gasteiger partial charge in [0, 0.05) is 25.7 Å². The summed E-state index contributed by atoms with van der Waals surface area (Å²) >= 11 is 0. The van der Waals surface area contributed by atoms with Gasteiger partial charge in [0.1, 0.15) is 5.75 Å². The van der Waals surface area contributed by atoms with Gasteiger partial charge >= 0.3 is 0 Å². The second-order valence-electron chi connectivity index (χ2n) is 7.36. The highest BCUT2D eigenvalue weighted by molar-refractivity contribution is 5.79. The molecule has 26 heavy (non-hydrogen) atoms. The van der Waals surface area contributed by atoms with Gasteiger partial charge in [-0.05, 0) is 30.5 Å². The van der Waals surface area contributed by atoms with Crippen LogP contribution in [0.15, 0.2) is 30.3 Å². The molecule has 0 radical (unpaired) electrons. The van der Waals surface area contributed by atoms with Gasteiger partial charge in [-0.25, -0.2) is 0 Å². The fourth-order valence-corrected chi connectivity index (χ4v) is 3.97. The second-order valence-corrected chi connectivity index (χ2v) is 7.36. The Balaban J connectivity index is 1.56. The normalized spacial score (nSPS) is 23.4. The van der Waals surface area contributed by atoms with Crippen molar-refractivity contribution in [3.05, 3.63) is 35.9 Å². The van der Waals surface area contributed by atoms with E-state index >= 15 is 0 Å². The molecule has 1 saturated heterocycles. The molecule has 1 heterocycles. The molecule has 5 nitrogen and oxygen atoms in total. The summed E-state index contributed by atoms with van der Waals surface area (Å²) < 4.78 is 5.16. The van der Waals surface area contributed by atoms with Crippen LogP contribution in [0.2, 0.25) is 0 Å². The lowest BCUT2D eigenvalue weighted by atomic mass is 9.94. The molecule has 2 fully saturated rings. The molecule has 1 N–H and O–H groups in total. The number of aliphatic hydroxyl groups is 1. The van der Waals surface area contributed by atoms with Crippen molar-refractivity contribution < 1.29 is 14.6 Å². The van der Waals surface area contributed by atoms with E-state index in [-0.39, 0.29) is 5.91 Å². The van der Waals surface area contributed by atoms with Crippen LogP contribution >= 0.6 is 0 Å². The fourth-order valence-electron chi connectivity index (χ4n) is 3.97. The molecular weight excluding hydrogens is 328 g/mol. The van der Waals surface area contributed by atoms with E-state index in [1.54, 1.807) is 7.11 Å². The lowest BCUT2D eigenvalue weighted by Gasteiger charge is -2.34. The number of rotatable bonds is 5. The van der Waals surface area contributed by atoms with Crippen LogP contribution in [0.3, 0.4) is 0 Å². The second kappa shape index (κ2) is 9.19. The molecular formula is C21H30N2O3. The van der Waals surface area contributed by atoms with Crippen LogP contribution in [-0.2, 0) is 4.79 Å². The van der Waals surface area contributed by atoms with E-state index in [0.717, 1.165) is 24.2 Å². The third-order valence-corrected chi connectivity index (χ3v) is 5.36. The number of carbonyl (C=O) groups excluding carboxylic acids is 1. The maximum atomic E-state index is 12.7. The summed E-state index contributed by atoms with van der Waals surface area (Å²) in [5.41, 5.74) is 1.09. The fraction of sp³-hybridized carbons (Fsp3) is 0.571. The largest absolute Gasteiger partial charge is 0.497 e. The maximum absolute atomic E-state index is 12.7. The number of amides is 1. The van der Waals surface area contributed by atoms with Gasteiger partial charge in [-0.3, -0.25) is 9.69 Å². The Labute approximate surface area is 156 Å². The minimum absolute atomic E-state index is 0.159. The molecule has 1 aliphatic carbocycles. The van der Waals surface area contributed by atoms with Crippen molar-refractivity contribution >= 4 is 12.0 Å². The van der Waals surface area contributed by atoms with Crippen LogP contribution in [0, 0.1) is 0 Å². The minimum atomic E-state index is -0.474. The predicted octanol–water partition coefficient (Wildman–Crippen LogP) is 2.55. The van der Waals surface area contributed by atoms with Gasteiger partial charge in [-0.1, -0.05) is 43.5 Å². The lowest BCUT2D eigenvalue weighted by Crippen LogP contribution is -2.45. The lowest BCUT2D eigenvalue weighted by molar-refractivity contribution is -0.134. The molecule has 3 rings (SSSR count). The Kier molecular flexibility index (Phi) is 6.69. The zero-order chi connectivity index (χ0) is 18.4. The number of carbonyl (C=O) groups is 1. The molecule has 1 aliphatic heterocycles. The summed E-state index contributed by atoms with van der Waals surface area (Å²) in [6.07, 6.45) is 9.43. The van der Waals surface area contributed by atoms with Crippen LogP contribution in [-0.4, -0.2) is 66.2 Å². The topological polar surface area (TPSA) is 53.0 Å². The van der Waals surface area contributed by atoms with Gasteiger partial charge in [0.15, 0.2) is 0 Å². The quantitative estimate of drug-likeness (QED) is 0.879. The van der Waals surface area contributed by atoms with Gasteiger partial charge in [-0.2, -0.15) is 0 Å². The summed E-state index contributed by atoms with van der Waals surface area (Å²) in [5.74, 6) is 0.998. The molecule has 0 unspecified atom stereocenters. The third kappa shape index (κ3) is 5.08. The summed E-state index contributed by atoms with van der Waals surface area (Å²) in [4.78, 5) is 16.7.